The predicted molar refractivity (Wildman–Crippen MR) is 125 cm³/mol. The maximum atomic E-state index is 12.9. The van der Waals surface area contributed by atoms with Crippen molar-refractivity contribution < 1.29 is 14.3 Å². The van der Waals surface area contributed by atoms with Gasteiger partial charge in [0, 0.05) is 21.7 Å². The van der Waals surface area contributed by atoms with Gasteiger partial charge in [-0.3, -0.25) is 4.79 Å². The third kappa shape index (κ3) is 4.83. The molecule has 3 atom stereocenters. The monoisotopic (exact) mass is 453 g/mol. The lowest BCUT2D eigenvalue weighted by Gasteiger charge is -2.09. The Morgan fingerprint density at radius 3 is 2.55 bits per heavy atom. The minimum absolute atomic E-state index is 0.0636. The number of ether oxygens (including phenoxy) is 1. The summed E-state index contributed by atoms with van der Waals surface area (Å²) in [5, 5.41) is 4.24. The van der Waals surface area contributed by atoms with E-state index in [1.807, 2.05) is 48.5 Å². The number of hydrogen-bond acceptors (Lipinski definition) is 4. The molecule has 4 rings (SSSR count). The van der Waals surface area contributed by atoms with E-state index >= 15 is 0 Å². The number of anilines is 1. The first-order chi connectivity index (χ1) is 15.0. The third-order valence-electron chi connectivity index (χ3n) is 5.63. The topological polar surface area (TPSA) is 55.4 Å². The van der Waals surface area contributed by atoms with Crippen molar-refractivity contribution in [2.45, 2.75) is 32.1 Å². The molecule has 0 saturated heterocycles. The van der Waals surface area contributed by atoms with E-state index in [1.165, 1.54) is 11.3 Å². The average Bonchev–Trinajstić information content (AvgIpc) is 3.47. The molecule has 1 aliphatic rings. The number of amides is 1. The van der Waals surface area contributed by atoms with E-state index in [1.54, 1.807) is 6.92 Å². The summed E-state index contributed by atoms with van der Waals surface area (Å²) < 4.78 is 5.23. The molecule has 3 aromatic rings. The standard InChI is InChI=1S/C25H24ClNO3S/c1-3-30-25(29)21-14-22(15(2)16-7-5-4-6-8-16)31-24(21)27-23(28)20-13-19(20)17-9-11-18(26)12-10-17/h4-12,14-15,19-20H,3,13H2,1-2H3,(H,27,28). The van der Waals surface area contributed by atoms with Crippen molar-refractivity contribution in [2.75, 3.05) is 11.9 Å². The number of hydrogen-bond donors (Lipinski definition) is 1. The Bertz CT molecular complexity index is 1080. The van der Waals surface area contributed by atoms with Crippen molar-refractivity contribution in [1.82, 2.24) is 0 Å². The summed E-state index contributed by atoms with van der Waals surface area (Å²) in [6, 6.07) is 19.6. The number of thiophene rings is 1. The van der Waals surface area contributed by atoms with E-state index < -0.39 is 5.97 Å². The van der Waals surface area contributed by atoms with Gasteiger partial charge in [-0.05, 0) is 48.6 Å². The minimum atomic E-state index is -0.411. The maximum Gasteiger partial charge on any atom is 0.341 e. The number of carbonyl (C=O) groups is 2. The van der Waals surface area contributed by atoms with Gasteiger partial charge in [0.15, 0.2) is 0 Å². The summed E-state index contributed by atoms with van der Waals surface area (Å²) >= 11 is 7.41. The zero-order chi connectivity index (χ0) is 22.0. The molecule has 160 valence electrons. The van der Waals surface area contributed by atoms with Gasteiger partial charge < -0.3 is 10.1 Å². The van der Waals surface area contributed by atoms with Crippen LogP contribution in [-0.4, -0.2) is 18.5 Å². The van der Waals surface area contributed by atoms with Crippen LogP contribution in [-0.2, 0) is 9.53 Å². The van der Waals surface area contributed by atoms with E-state index in [0.29, 0.717) is 15.6 Å². The smallest absolute Gasteiger partial charge is 0.341 e. The number of rotatable bonds is 7. The second-order valence-corrected chi connectivity index (χ2v) is 9.25. The molecule has 1 aromatic heterocycles. The second kappa shape index (κ2) is 9.25. The number of benzene rings is 2. The Hall–Kier alpha value is -2.63. The molecule has 3 unspecified atom stereocenters. The molecular formula is C25H24ClNO3S. The molecule has 0 aliphatic heterocycles. The van der Waals surface area contributed by atoms with Gasteiger partial charge in [0.25, 0.3) is 0 Å². The van der Waals surface area contributed by atoms with Gasteiger partial charge in [0.2, 0.25) is 5.91 Å². The van der Waals surface area contributed by atoms with Gasteiger partial charge in [-0.1, -0.05) is 61.0 Å². The molecule has 4 nitrogen and oxygen atoms in total. The van der Waals surface area contributed by atoms with Crippen molar-refractivity contribution in [3.05, 3.63) is 87.3 Å². The van der Waals surface area contributed by atoms with Crippen molar-refractivity contribution >= 4 is 39.8 Å². The van der Waals surface area contributed by atoms with Crippen molar-refractivity contribution in [3.8, 4) is 0 Å². The summed E-state index contributed by atoms with van der Waals surface area (Å²) in [4.78, 5) is 26.5. The van der Waals surface area contributed by atoms with Gasteiger partial charge in [0.1, 0.15) is 5.00 Å². The number of halogens is 1. The van der Waals surface area contributed by atoms with E-state index in [4.69, 9.17) is 16.3 Å². The number of nitrogens with one attached hydrogen (secondary N) is 1. The van der Waals surface area contributed by atoms with Gasteiger partial charge in [0.05, 0.1) is 12.2 Å². The molecule has 31 heavy (non-hydrogen) atoms. The normalized spacial score (nSPS) is 18.3. The molecule has 0 bridgehead atoms. The highest BCUT2D eigenvalue weighted by Gasteiger charge is 2.44. The van der Waals surface area contributed by atoms with Gasteiger partial charge in [-0.25, -0.2) is 4.79 Å². The lowest BCUT2D eigenvalue weighted by atomic mass is 9.99. The van der Waals surface area contributed by atoms with Crippen LogP contribution < -0.4 is 5.32 Å². The summed E-state index contributed by atoms with van der Waals surface area (Å²) in [7, 11) is 0. The molecule has 1 N–H and O–H groups in total. The Morgan fingerprint density at radius 1 is 1.16 bits per heavy atom. The van der Waals surface area contributed by atoms with Crippen LogP contribution in [0.25, 0.3) is 0 Å². The molecule has 1 amide bonds. The van der Waals surface area contributed by atoms with Crippen molar-refractivity contribution in [3.63, 3.8) is 0 Å². The van der Waals surface area contributed by atoms with Gasteiger partial charge in [-0.15, -0.1) is 11.3 Å². The Balaban J connectivity index is 1.54. The zero-order valence-electron chi connectivity index (χ0n) is 17.4. The SMILES string of the molecule is CCOC(=O)c1cc(C(C)c2ccccc2)sc1NC(=O)C1CC1c1ccc(Cl)cc1. The minimum Gasteiger partial charge on any atom is -0.462 e. The maximum absolute atomic E-state index is 12.9. The molecule has 1 fully saturated rings. The van der Waals surface area contributed by atoms with Crippen LogP contribution in [0.1, 0.15) is 58.5 Å². The summed E-state index contributed by atoms with van der Waals surface area (Å²) in [6.07, 6.45) is 0.793. The molecule has 0 spiro atoms. The van der Waals surface area contributed by atoms with Gasteiger partial charge >= 0.3 is 5.97 Å². The third-order valence-corrected chi connectivity index (χ3v) is 7.12. The summed E-state index contributed by atoms with van der Waals surface area (Å²) in [5.41, 5.74) is 2.68. The van der Waals surface area contributed by atoms with Crippen LogP contribution >= 0.6 is 22.9 Å². The van der Waals surface area contributed by atoms with Crippen LogP contribution in [0.15, 0.2) is 60.7 Å². The molecule has 1 saturated carbocycles. The van der Waals surface area contributed by atoms with Crippen LogP contribution in [0.2, 0.25) is 5.02 Å². The number of esters is 1. The highest BCUT2D eigenvalue weighted by Crippen LogP contribution is 2.48. The van der Waals surface area contributed by atoms with Crippen LogP contribution in [0.3, 0.4) is 0 Å². The van der Waals surface area contributed by atoms with Crippen LogP contribution in [0.5, 0.6) is 0 Å². The molecular weight excluding hydrogens is 430 g/mol. The van der Waals surface area contributed by atoms with E-state index in [-0.39, 0.29) is 30.3 Å². The lowest BCUT2D eigenvalue weighted by molar-refractivity contribution is -0.117. The predicted octanol–water partition coefficient (Wildman–Crippen LogP) is 6.47. The van der Waals surface area contributed by atoms with Crippen LogP contribution in [0, 0.1) is 5.92 Å². The second-order valence-electron chi connectivity index (χ2n) is 7.73. The van der Waals surface area contributed by atoms with E-state index in [0.717, 1.165) is 22.4 Å². The lowest BCUT2D eigenvalue weighted by Crippen LogP contribution is -2.16. The van der Waals surface area contributed by atoms with E-state index in [9.17, 15) is 9.59 Å². The quantitative estimate of drug-likeness (QED) is 0.417. The zero-order valence-corrected chi connectivity index (χ0v) is 19.0. The summed E-state index contributed by atoms with van der Waals surface area (Å²) in [5.74, 6) is -0.288. The first kappa shape index (κ1) is 21.6. The fourth-order valence-corrected chi connectivity index (χ4v) is 5.01. The first-order valence-corrected chi connectivity index (χ1v) is 11.6. The Labute approximate surface area is 191 Å². The molecule has 1 aliphatic carbocycles. The van der Waals surface area contributed by atoms with Crippen molar-refractivity contribution in [2.24, 2.45) is 5.92 Å². The molecule has 6 heteroatoms. The fraction of sp³-hybridized carbons (Fsp3) is 0.280. The van der Waals surface area contributed by atoms with E-state index in [2.05, 4.69) is 24.4 Å². The highest BCUT2D eigenvalue weighted by molar-refractivity contribution is 7.16. The van der Waals surface area contributed by atoms with Gasteiger partial charge in [-0.2, -0.15) is 0 Å². The van der Waals surface area contributed by atoms with Crippen molar-refractivity contribution in [1.29, 1.82) is 0 Å². The first-order valence-electron chi connectivity index (χ1n) is 10.4. The fourth-order valence-electron chi connectivity index (χ4n) is 3.75. The Kier molecular flexibility index (Phi) is 6.44. The average molecular weight is 454 g/mol. The summed E-state index contributed by atoms with van der Waals surface area (Å²) in [6.45, 7) is 4.16. The Morgan fingerprint density at radius 2 is 1.87 bits per heavy atom. The highest BCUT2D eigenvalue weighted by atomic mass is 35.5. The molecule has 1 heterocycles. The largest absolute Gasteiger partial charge is 0.462 e. The van der Waals surface area contributed by atoms with Crippen LogP contribution in [0.4, 0.5) is 5.00 Å². The number of carbonyl (C=O) groups excluding carboxylic acids is 2. The molecule has 2 aromatic carbocycles. The molecule has 0 radical (unpaired) electrons.